The van der Waals surface area contributed by atoms with E-state index < -0.39 is 29.4 Å². The van der Waals surface area contributed by atoms with Crippen LogP contribution in [0.5, 0.6) is 5.75 Å². The third-order valence-electron chi connectivity index (χ3n) is 7.99. The predicted molar refractivity (Wildman–Crippen MR) is 110 cm³/mol. The first-order valence-corrected chi connectivity index (χ1v) is 11.5. The zero-order valence-electron chi connectivity index (χ0n) is 17.7. The number of nitrogens with zero attached hydrogens (tertiary/aromatic N) is 1. The van der Waals surface area contributed by atoms with E-state index in [-0.39, 0.29) is 16.9 Å². The number of carboxylic acids is 1. The van der Waals surface area contributed by atoms with Crippen LogP contribution in [0, 0.1) is 11.2 Å². The van der Waals surface area contributed by atoms with Gasteiger partial charge in [0.2, 0.25) is 0 Å². The number of hydrogen-bond donors (Lipinski definition) is 1. The van der Waals surface area contributed by atoms with Crippen molar-refractivity contribution in [2.75, 3.05) is 13.2 Å². The number of likely N-dealkylation sites (tertiary alicyclic amines) is 1. The second-order valence-electron chi connectivity index (χ2n) is 10.1. The van der Waals surface area contributed by atoms with Gasteiger partial charge in [-0.25, -0.2) is 13.6 Å². The van der Waals surface area contributed by atoms with Crippen molar-refractivity contribution in [1.82, 2.24) is 4.90 Å². The first-order chi connectivity index (χ1) is 14.8. The van der Waals surface area contributed by atoms with Crippen molar-refractivity contribution < 1.29 is 28.2 Å². The monoisotopic (exact) mass is 433 g/mol. The van der Waals surface area contributed by atoms with Crippen LogP contribution in [0.15, 0.2) is 12.1 Å². The maximum absolute atomic E-state index is 15.0. The molecule has 1 saturated heterocycles. The Morgan fingerprint density at radius 1 is 1.10 bits per heavy atom. The van der Waals surface area contributed by atoms with Gasteiger partial charge in [0.15, 0.2) is 0 Å². The molecule has 0 aromatic heterocycles. The van der Waals surface area contributed by atoms with Crippen molar-refractivity contribution in [2.45, 2.75) is 81.8 Å². The quantitative estimate of drug-likeness (QED) is 0.698. The van der Waals surface area contributed by atoms with Gasteiger partial charge in [-0.1, -0.05) is 0 Å². The highest BCUT2D eigenvalue weighted by molar-refractivity contribution is 5.97. The second-order valence-corrected chi connectivity index (χ2v) is 10.1. The molecule has 4 aliphatic carbocycles. The van der Waals surface area contributed by atoms with Crippen LogP contribution >= 0.6 is 0 Å². The maximum Gasteiger partial charge on any atom is 0.326 e. The molecule has 1 amide bonds. The number of aliphatic carboxylic acids is 1. The van der Waals surface area contributed by atoms with E-state index in [1.807, 2.05) is 0 Å². The number of amides is 1. The van der Waals surface area contributed by atoms with Crippen LogP contribution in [0.3, 0.4) is 0 Å². The van der Waals surface area contributed by atoms with Gasteiger partial charge in [-0.3, -0.25) is 4.79 Å². The topological polar surface area (TPSA) is 66.8 Å². The van der Waals surface area contributed by atoms with E-state index in [1.165, 1.54) is 11.0 Å². The second kappa shape index (κ2) is 7.45. The summed E-state index contributed by atoms with van der Waals surface area (Å²) in [4.78, 5) is 25.7. The van der Waals surface area contributed by atoms with Gasteiger partial charge in [-0.05, 0) is 81.8 Å². The van der Waals surface area contributed by atoms with E-state index in [4.69, 9.17) is 4.74 Å². The van der Waals surface area contributed by atoms with Gasteiger partial charge in [0, 0.05) is 18.0 Å². The molecule has 0 radical (unpaired) electrons. The standard InChI is InChI=1S/C24H29F2NO4/c25-18-13-20(31-14-23-5-8-24(26,9-6-23)10-7-23)16(15-3-4-15)12-17(18)21(28)27-11-1-2-19(27)22(29)30/h12-13,15,19H,1-11,14H2,(H,29,30). The zero-order valence-corrected chi connectivity index (χ0v) is 17.7. The molecule has 5 aliphatic rings. The molecule has 4 saturated carbocycles. The summed E-state index contributed by atoms with van der Waals surface area (Å²) in [6, 6.07) is 1.98. The minimum Gasteiger partial charge on any atom is -0.493 e. The molecule has 7 heteroatoms. The van der Waals surface area contributed by atoms with Crippen molar-refractivity contribution in [3.8, 4) is 5.75 Å². The van der Waals surface area contributed by atoms with Crippen LogP contribution in [-0.4, -0.2) is 46.7 Å². The third-order valence-corrected chi connectivity index (χ3v) is 7.99. The Hall–Kier alpha value is -2.18. The van der Waals surface area contributed by atoms with Gasteiger partial charge in [-0.2, -0.15) is 0 Å². The molecule has 1 N–H and O–H groups in total. The fourth-order valence-electron chi connectivity index (χ4n) is 5.66. The van der Waals surface area contributed by atoms with Gasteiger partial charge in [0.05, 0.1) is 12.2 Å². The van der Waals surface area contributed by atoms with E-state index >= 15 is 4.39 Å². The number of carbonyl (C=O) groups excluding carboxylic acids is 1. The van der Waals surface area contributed by atoms with Crippen LogP contribution in [0.25, 0.3) is 0 Å². The van der Waals surface area contributed by atoms with Gasteiger partial charge in [0.1, 0.15) is 23.3 Å². The number of benzene rings is 1. The van der Waals surface area contributed by atoms with Crippen molar-refractivity contribution in [1.29, 1.82) is 0 Å². The Kier molecular flexibility index (Phi) is 4.98. The van der Waals surface area contributed by atoms with E-state index in [2.05, 4.69) is 0 Å². The molecular formula is C24H29F2NO4. The summed E-state index contributed by atoms with van der Waals surface area (Å²) < 4.78 is 35.6. The molecule has 5 fully saturated rings. The summed E-state index contributed by atoms with van der Waals surface area (Å²) >= 11 is 0. The number of ether oxygens (including phenoxy) is 1. The van der Waals surface area contributed by atoms with Gasteiger partial charge >= 0.3 is 5.97 Å². The SMILES string of the molecule is O=C(O)C1CCCN1C(=O)c1cc(C2CC2)c(OCC23CCC(F)(CC2)CC3)cc1F. The number of halogens is 2. The summed E-state index contributed by atoms with van der Waals surface area (Å²) in [5.41, 5.74) is -0.278. The average Bonchev–Trinajstić information content (AvgIpc) is 3.48. The largest absolute Gasteiger partial charge is 0.493 e. The molecular weight excluding hydrogens is 404 g/mol. The lowest BCUT2D eigenvalue weighted by Gasteiger charge is -2.49. The minimum atomic E-state index is -1.05. The van der Waals surface area contributed by atoms with Crippen LogP contribution in [-0.2, 0) is 4.79 Å². The predicted octanol–water partition coefficient (Wildman–Crippen LogP) is 4.83. The van der Waals surface area contributed by atoms with E-state index in [1.54, 1.807) is 6.07 Å². The lowest BCUT2D eigenvalue weighted by molar-refractivity contribution is -0.141. The number of fused-ring (bicyclic) bond motifs is 3. The maximum atomic E-state index is 15.0. The number of alkyl halides is 1. The molecule has 2 bridgehead atoms. The molecule has 1 aromatic carbocycles. The molecule has 1 atom stereocenters. The van der Waals surface area contributed by atoms with Crippen molar-refractivity contribution in [2.24, 2.45) is 5.41 Å². The Balaban J connectivity index is 1.37. The van der Waals surface area contributed by atoms with E-state index in [0.29, 0.717) is 51.0 Å². The Labute approximate surface area is 180 Å². The highest BCUT2D eigenvalue weighted by Crippen LogP contribution is 2.54. The van der Waals surface area contributed by atoms with E-state index in [9.17, 15) is 19.1 Å². The molecule has 31 heavy (non-hydrogen) atoms. The van der Waals surface area contributed by atoms with Crippen LogP contribution in [0.2, 0.25) is 0 Å². The number of carbonyl (C=O) groups is 2. The molecule has 1 aromatic rings. The Morgan fingerprint density at radius 2 is 1.77 bits per heavy atom. The zero-order chi connectivity index (χ0) is 21.8. The fourth-order valence-corrected chi connectivity index (χ4v) is 5.66. The first kappa shape index (κ1) is 20.7. The fraction of sp³-hybridized carbons (Fsp3) is 0.667. The summed E-state index contributed by atoms with van der Waals surface area (Å²) in [5.74, 6) is -1.57. The number of carboxylic acid groups (broad SMARTS) is 1. The number of rotatable bonds is 6. The summed E-state index contributed by atoms with van der Waals surface area (Å²) in [6.45, 7) is 0.771. The third kappa shape index (κ3) is 3.80. The van der Waals surface area contributed by atoms with Crippen molar-refractivity contribution in [3.63, 3.8) is 0 Å². The molecule has 1 unspecified atom stereocenters. The minimum absolute atomic E-state index is 0.0378. The Bertz CT molecular complexity index is 889. The van der Waals surface area contributed by atoms with Gasteiger partial charge in [0.25, 0.3) is 5.91 Å². The molecule has 168 valence electrons. The van der Waals surface area contributed by atoms with Crippen LogP contribution in [0.1, 0.15) is 86.0 Å². The Morgan fingerprint density at radius 3 is 2.39 bits per heavy atom. The molecule has 5 nitrogen and oxygen atoms in total. The van der Waals surface area contributed by atoms with Crippen molar-refractivity contribution >= 4 is 11.9 Å². The smallest absolute Gasteiger partial charge is 0.326 e. The molecule has 0 spiro atoms. The highest BCUT2D eigenvalue weighted by atomic mass is 19.1. The first-order valence-electron chi connectivity index (χ1n) is 11.5. The lowest BCUT2D eigenvalue weighted by atomic mass is 9.60. The normalized spacial score (nSPS) is 32.3. The van der Waals surface area contributed by atoms with Gasteiger partial charge in [-0.15, -0.1) is 0 Å². The highest BCUT2D eigenvalue weighted by Gasteiger charge is 2.49. The molecule has 6 rings (SSSR count). The van der Waals surface area contributed by atoms with Crippen LogP contribution in [0.4, 0.5) is 8.78 Å². The van der Waals surface area contributed by atoms with Crippen LogP contribution < -0.4 is 4.74 Å². The average molecular weight is 433 g/mol. The summed E-state index contributed by atoms with van der Waals surface area (Å²) in [5, 5.41) is 9.38. The van der Waals surface area contributed by atoms with E-state index in [0.717, 1.165) is 37.7 Å². The van der Waals surface area contributed by atoms with Gasteiger partial charge < -0.3 is 14.7 Å². The number of hydrogen-bond acceptors (Lipinski definition) is 3. The van der Waals surface area contributed by atoms with Crippen molar-refractivity contribution in [3.05, 3.63) is 29.1 Å². The molecule has 1 aliphatic heterocycles. The summed E-state index contributed by atoms with van der Waals surface area (Å²) in [7, 11) is 0. The summed E-state index contributed by atoms with van der Waals surface area (Å²) in [6.07, 6.45) is 7.05. The molecule has 1 heterocycles. The lowest BCUT2D eigenvalue weighted by Crippen LogP contribution is -2.46.